The van der Waals surface area contributed by atoms with E-state index in [0.29, 0.717) is 12.1 Å². The minimum absolute atomic E-state index is 0.00944. The molecule has 1 aromatic heterocycles. The van der Waals surface area contributed by atoms with Gasteiger partial charge in [-0.2, -0.15) is 0 Å². The van der Waals surface area contributed by atoms with Crippen molar-refractivity contribution in [2.45, 2.75) is 19.4 Å². The lowest BCUT2D eigenvalue weighted by Crippen LogP contribution is -2.33. The molecule has 0 aliphatic carbocycles. The molecule has 0 saturated heterocycles. The summed E-state index contributed by atoms with van der Waals surface area (Å²) in [6, 6.07) is 24.2. The van der Waals surface area contributed by atoms with E-state index in [0.717, 1.165) is 33.3 Å². The Morgan fingerprint density at radius 2 is 1.67 bits per heavy atom. The lowest BCUT2D eigenvalue weighted by atomic mass is 9.93. The van der Waals surface area contributed by atoms with Crippen LogP contribution in [0.15, 0.2) is 72.8 Å². The molecule has 1 unspecified atom stereocenters. The molecule has 0 radical (unpaired) electrons. The highest BCUT2D eigenvalue weighted by Crippen LogP contribution is 2.45. The third-order valence-corrected chi connectivity index (χ3v) is 6.48. The lowest BCUT2D eigenvalue weighted by Gasteiger charge is -2.27. The summed E-state index contributed by atoms with van der Waals surface area (Å²) in [6.45, 7) is 2.44. The van der Waals surface area contributed by atoms with Gasteiger partial charge in [0.2, 0.25) is 5.91 Å². The molecule has 1 atom stereocenters. The number of rotatable bonds is 5. The first-order chi connectivity index (χ1) is 16.0. The van der Waals surface area contributed by atoms with Gasteiger partial charge in [0, 0.05) is 49.1 Å². The predicted octanol–water partition coefficient (Wildman–Crippen LogP) is 5.17. The number of nitrogens with one attached hydrogen (secondary N) is 1. The van der Waals surface area contributed by atoms with E-state index >= 15 is 0 Å². The predicted molar refractivity (Wildman–Crippen MR) is 131 cm³/mol. The van der Waals surface area contributed by atoms with Crippen molar-refractivity contribution in [2.24, 2.45) is 0 Å². The lowest BCUT2D eigenvalue weighted by molar-refractivity contribution is -0.128. The molecule has 4 aromatic rings. The van der Waals surface area contributed by atoms with Gasteiger partial charge in [-0.15, -0.1) is 0 Å². The van der Waals surface area contributed by atoms with E-state index in [2.05, 4.69) is 48.3 Å². The summed E-state index contributed by atoms with van der Waals surface area (Å²) in [5.41, 5.74) is 7.08. The molecule has 166 valence electrons. The Balaban J connectivity index is 1.70. The number of para-hydroxylation sites is 1. The van der Waals surface area contributed by atoms with Crippen molar-refractivity contribution >= 4 is 22.7 Å². The zero-order valence-corrected chi connectivity index (χ0v) is 19.1. The van der Waals surface area contributed by atoms with E-state index in [1.165, 1.54) is 5.56 Å². The summed E-state index contributed by atoms with van der Waals surface area (Å²) in [5, 5.41) is 1.09. The number of carbonyl (C=O) groups is 2. The summed E-state index contributed by atoms with van der Waals surface area (Å²) in [7, 11) is 3.49. The van der Waals surface area contributed by atoms with Crippen molar-refractivity contribution in [3.05, 3.63) is 95.1 Å². The van der Waals surface area contributed by atoms with Crippen LogP contribution in [0.2, 0.25) is 0 Å². The Labute approximate surface area is 193 Å². The number of nitrogens with zero attached hydrogens (tertiary/aromatic N) is 2. The third-order valence-electron chi connectivity index (χ3n) is 6.48. The first kappa shape index (κ1) is 21.0. The standard InChI is InChI=1S/C28H27N3O2/c1-18-12-14-19(15-13-18)26-25(22-10-6-7-11-23(22)29-26)27-20-8-4-5-9-21(20)28(33)31(27)17-16-24(32)30(2)3/h4-15,27,29H,16-17H2,1-3H3. The molecular formula is C28H27N3O2. The Kier molecular flexibility index (Phi) is 5.25. The topological polar surface area (TPSA) is 56.4 Å². The molecule has 0 spiro atoms. The second-order valence-electron chi connectivity index (χ2n) is 8.85. The van der Waals surface area contributed by atoms with Gasteiger partial charge in [0.15, 0.2) is 0 Å². The third kappa shape index (κ3) is 3.59. The SMILES string of the molecule is Cc1ccc(-c2[nH]c3ccccc3c2C2c3ccccc3C(=O)N2CCC(=O)N(C)C)cc1. The molecule has 1 aliphatic rings. The monoisotopic (exact) mass is 437 g/mol. The van der Waals surface area contributed by atoms with Crippen molar-refractivity contribution in [3.63, 3.8) is 0 Å². The van der Waals surface area contributed by atoms with Crippen LogP contribution >= 0.6 is 0 Å². The van der Waals surface area contributed by atoms with E-state index in [9.17, 15) is 9.59 Å². The maximum Gasteiger partial charge on any atom is 0.255 e. The fourth-order valence-corrected chi connectivity index (χ4v) is 4.75. The van der Waals surface area contributed by atoms with E-state index in [4.69, 9.17) is 0 Å². The second kappa shape index (κ2) is 8.24. The molecule has 0 saturated carbocycles. The Morgan fingerprint density at radius 1 is 0.970 bits per heavy atom. The number of aromatic amines is 1. The maximum atomic E-state index is 13.5. The van der Waals surface area contributed by atoms with Crippen molar-refractivity contribution in [1.82, 2.24) is 14.8 Å². The summed E-state index contributed by atoms with van der Waals surface area (Å²) in [6.07, 6.45) is 0.283. The quantitative estimate of drug-likeness (QED) is 0.468. The van der Waals surface area contributed by atoms with Crippen LogP contribution in [-0.2, 0) is 4.79 Å². The van der Waals surface area contributed by atoms with Gasteiger partial charge in [0.25, 0.3) is 5.91 Å². The van der Waals surface area contributed by atoms with Gasteiger partial charge >= 0.3 is 0 Å². The van der Waals surface area contributed by atoms with Crippen LogP contribution in [0, 0.1) is 6.92 Å². The molecule has 5 nitrogen and oxygen atoms in total. The summed E-state index contributed by atoms with van der Waals surface area (Å²) >= 11 is 0. The van der Waals surface area contributed by atoms with Gasteiger partial charge in [-0.3, -0.25) is 9.59 Å². The normalized spacial score (nSPS) is 15.2. The molecule has 5 rings (SSSR count). The summed E-state index contributed by atoms with van der Waals surface area (Å²) < 4.78 is 0. The number of amides is 2. The first-order valence-corrected chi connectivity index (χ1v) is 11.2. The second-order valence-corrected chi connectivity index (χ2v) is 8.85. The van der Waals surface area contributed by atoms with E-state index in [-0.39, 0.29) is 24.3 Å². The largest absolute Gasteiger partial charge is 0.354 e. The van der Waals surface area contributed by atoms with Gasteiger partial charge < -0.3 is 14.8 Å². The Morgan fingerprint density at radius 3 is 2.42 bits per heavy atom. The van der Waals surface area contributed by atoms with Crippen LogP contribution in [-0.4, -0.2) is 47.2 Å². The molecule has 3 aromatic carbocycles. The van der Waals surface area contributed by atoms with Gasteiger partial charge in [-0.25, -0.2) is 0 Å². The van der Waals surface area contributed by atoms with Gasteiger partial charge in [-0.05, 0) is 30.2 Å². The Bertz CT molecular complexity index is 1350. The Hall–Kier alpha value is -3.86. The average molecular weight is 438 g/mol. The maximum absolute atomic E-state index is 13.5. The number of benzene rings is 3. The minimum Gasteiger partial charge on any atom is -0.354 e. The number of carbonyl (C=O) groups excluding carboxylic acids is 2. The number of hydrogen-bond acceptors (Lipinski definition) is 2. The van der Waals surface area contributed by atoms with E-state index < -0.39 is 0 Å². The van der Waals surface area contributed by atoms with Crippen LogP contribution in [0.5, 0.6) is 0 Å². The summed E-state index contributed by atoms with van der Waals surface area (Å²) in [4.78, 5) is 32.9. The molecule has 2 heterocycles. The fraction of sp³-hybridized carbons (Fsp3) is 0.214. The minimum atomic E-state index is -0.267. The zero-order chi connectivity index (χ0) is 23.1. The van der Waals surface area contributed by atoms with Crippen molar-refractivity contribution in [3.8, 4) is 11.3 Å². The smallest absolute Gasteiger partial charge is 0.255 e. The molecule has 1 aliphatic heterocycles. The highest BCUT2D eigenvalue weighted by molar-refractivity contribution is 6.02. The van der Waals surface area contributed by atoms with Crippen LogP contribution in [0.1, 0.15) is 39.5 Å². The molecule has 2 amide bonds. The molecule has 0 bridgehead atoms. The number of H-pyrrole nitrogens is 1. The van der Waals surface area contributed by atoms with Crippen molar-refractivity contribution in [1.29, 1.82) is 0 Å². The highest BCUT2D eigenvalue weighted by atomic mass is 16.2. The highest BCUT2D eigenvalue weighted by Gasteiger charge is 2.40. The van der Waals surface area contributed by atoms with Crippen molar-refractivity contribution in [2.75, 3.05) is 20.6 Å². The average Bonchev–Trinajstić information content (AvgIpc) is 3.33. The van der Waals surface area contributed by atoms with E-state index in [1.54, 1.807) is 19.0 Å². The number of hydrogen-bond donors (Lipinski definition) is 1. The summed E-state index contributed by atoms with van der Waals surface area (Å²) in [5.74, 6) is -0.0162. The molecule has 5 heteroatoms. The molecule has 0 fully saturated rings. The van der Waals surface area contributed by atoms with E-state index in [1.807, 2.05) is 41.3 Å². The van der Waals surface area contributed by atoms with Crippen LogP contribution in [0.3, 0.4) is 0 Å². The number of aryl methyl sites for hydroxylation is 1. The van der Waals surface area contributed by atoms with Crippen LogP contribution in [0.4, 0.5) is 0 Å². The molecule has 1 N–H and O–H groups in total. The zero-order valence-electron chi connectivity index (χ0n) is 19.1. The number of fused-ring (bicyclic) bond motifs is 2. The molecular weight excluding hydrogens is 410 g/mol. The fourth-order valence-electron chi connectivity index (χ4n) is 4.75. The van der Waals surface area contributed by atoms with Crippen molar-refractivity contribution < 1.29 is 9.59 Å². The first-order valence-electron chi connectivity index (χ1n) is 11.2. The number of aromatic nitrogens is 1. The van der Waals surface area contributed by atoms with Gasteiger partial charge in [-0.1, -0.05) is 66.2 Å². The van der Waals surface area contributed by atoms with Gasteiger partial charge in [0.1, 0.15) is 0 Å². The van der Waals surface area contributed by atoms with Crippen LogP contribution in [0.25, 0.3) is 22.2 Å². The van der Waals surface area contributed by atoms with Gasteiger partial charge in [0.05, 0.1) is 11.7 Å². The van der Waals surface area contributed by atoms with Crippen LogP contribution < -0.4 is 0 Å². The molecule has 33 heavy (non-hydrogen) atoms.